The summed E-state index contributed by atoms with van der Waals surface area (Å²) in [6.07, 6.45) is 1.83. The Kier molecular flexibility index (Phi) is 4.51. The number of hydrogen-bond donors (Lipinski definition) is 2. The van der Waals surface area contributed by atoms with Crippen LogP contribution in [-0.4, -0.2) is 63.1 Å². The van der Waals surface area contributed by atoms with Crippen molar-refractivity contribution in [3.63, 3.8) is 0 Å². The fourth-order valence-corrected chi connectivity index (χ4v) is 4.52. The molecule has 0 atom stereocenters. The highest BCUT2D eigenvalue weighted by Crippen LogP contribution is 2.32. The molecule has 0 radical (unpaired) electrons. The number of carbonyl (C=O) groups excluding carboxylic acids is 2. The highest BCUT2D eigenvalue weighted by atomic mass is 19.1. The minimum Gasteiger partial charge on any atom is -0.507 e. The van der Waals surface area contributed by atoms with Gasteiger partial charge in [-0.25, -0.2) is 4.39 Å². The molecule has 1 saturated heterocycles. The van der Waals surface area contributed by atoms with Crippen LogP contribution in [0.5, 0.6) is 5.75 Å². The molecule has 3 heterocycles. The predicted molar refractivity (Wildman–Crippen MR) is 108 cm³/mol. The van der Waals surface area contributed by atoms with Gasteiger partial charge in [0.1, 0.15) is 11.6 Å². The van der Waals surface area contributed by atoms with Gasteiger partial charge in [-0.2, -0.15) is 5.10 Å². The van der Waals surface area contributed by atoms with Crippen LogP contribution >= 0.6 is 0 Å². The van der Waals surface area contributed by atoms with Gasteiger partial charge in [-0.3, -0.25) is 19.6 Å². The van der Waals surface area contributed by atoms with E-state index in [1.807, 2.05) is 0 Å². The highest BCUT2D eigenvalue weighted by Gasteiger charge is 2.37. The maximum absolute atomic E-state index is 13.4. The van der Waals surface area contributed by atoms with Gasteiger partial charge in [0.2, 0.25) is 0 Å². The number of fused-ring (bicyclic) bond motifs is 2. The van der Waals surface area contributed by atoms with Crippen molar-refractivity contribution in [1.82, 2.24) is 20.0 Å². The van der Waals surface area contributed by atoms with Gasteiger partial charge in [-0.05, 0) is 50.2 Å². The van der Waals surface area contributed by atoms with Crippen LogP contribution in [0.15, 0.2) is 36.4 Å². The van der Waals surface area contributed by atoms with Crippen LogP contribution in [0.1, 0.15) is 45.2 Å². The van der Waals surface area contributed by atoms with Crippen molar-refractivity contribution >= 4 is 22.7 Å². The maximum atomic E-state index is 13.4. The monoisotopic (exact) mass is 408 g/mol. The van der Waals surface area contributed by atoms with Gasteiger partial charge in [0.25, 0.3) is 11.8 Å². The first-order valence-electron chi connectivity index (χ1n) is 10.1. The predicted octanol–water partition coefficient (Wildman–Crippen LogP) is 2.88. The average Bonchev–Trinajstić information content (AvgIpc) is 3.26. The third-order valence-electron chi connectivity index (χ3n) is 6.16. The van der Waals surface area contributed by atoms with Gasteiger partial charge in [-0.15, -0.1) is 0 Å². The lowest BCUT2D eigenvalue weighted by Crippen LogP contribution is -2.41. The number of imide groups is 1. The number of aromatic hydroxyl groups is 1. The van der Waals surface area contributed by atoms with E-state index in [0.717, 1.165) is 37.0 Å². The minimum atomic E-state index is -0.431. The zero-order valence-electron chi connectivity index (χ0n) is 16.3. The van der Waals surface area contributed by atoms with Gasteiger partial charge < -0.3 is 10.0 Å². The van der Waals surface area contributed by atoms with Crippen LogP contribution in [0.2, 0.25) is 0 Å². The fourth-order valence-electron chi connectivity index (χ4n) is 4.52. The third-order valence-corrected chi connectivity index (χ3v) is 6.16. The number of nitrogens with zero attached hydrogens (tertiary/aromatic N) is 3. The first-order valence-corrected chi connectivity index (χ1v) is 10.1. The topological polar surface area (TPSA) is 89.5 Å². The minimum absolute atomic E-state index is 0.101. The number of halogens is 1. The van der Waals surface area contributed by atoms with Crippen molar-refractivity contribution in [3.8, 4) is 5.75 Å². The number of amides is 2. The molecule has 1 fully saturated rings. The molecular weight excluding hydrogens is 387 g/mol. The molecule has 0 unspecified atom stereocenters. The van der Waals surface area contributed by atoms with E-state index in [2.05, 4.69) is 15.1 Å². The van der Waals surface area contributed by atoms with Crippen molar-refractivity contribution in [2.45, 2.75) is 18.8 Å². The lowest BCUT2D eigenvalue weighted by Gasteiger charge is -2.32. The summed E-state index contributed by atoms with van der Waals surface area (Å²) in [7, 11) is 0. The van der Waals surface area contributed by atoms with E-state index in [9.17, 15) is 19.1 Å². The van der Waals surface area contributed by atoms with E-state index in [1.54, 1.807) is 18.2 Å². The van der Waals surface area contributed by atoms with E-state index in [4.69, 9.17) is 0 Å². The van der Waals surface area contributed by atoms with Gasteiger partial charge in [-0.1, -0.05) is 6.07 Å². The van der Waals surface area contributed by atoms with Crippen LogP contribution in [0.4, 0.5) is 4.39 Å². The molecule has 8 heteroatoms. The zero-order chi connectivity index (χ0) is 20.8. The first-order chi connectivity index (χ1) is 14.5. The molecule has 2 aromatic carbocycles. The molecular formula is C22H21FN4O3. The van der Waals surface area contributed by atoms with Crippen LogP contribution in [-0.2, 0) is 0 Å². The van der Waals surface area contributed by atoms with Crippen LogP contribution in [0, 0.1) is 5.82 Å². The Balaban J connectivity index is 1.21. The standard InChI is InChI=1S/C22H21FN4O3/c23-14-4-5-15-17(12-14)24-25-20(15)13-6-8-26(9-7-13)10-11-27-21(29)16-2-1-3-18(28)19(16)22(27)30/h1-5,12-13,28H,6-11H2,(H,24,25). The second-order valence-corrected chi connectivity index (χ2v) is 7.88. The molecule has 7 nitrogen and oxygen atoms in total. The number of piperidine rings is 1. The molecule has 0 aliphatic carbocycles. The number of phenols is 1. The van der Waals surface area contributed by atoms with E-state index < -0.39 is 5.91 Å². The molecule has 0 spiro atoms. The number of carbonyl (C=O) groups is 2. The summed E-state index contributed by atoms with van der Waals surface area (Å²) in [5.74, 6) is -0.915. The van der Waals surface area contributed by atoms with Crippen molar-refractivity contribution < 1.29 is 19.1 Å². The van der Waals surface area contributed by atoms with Crippen molar-refractivity contribution in [1.29, 1.82) is 0 Å². The Hall–Kier alpha value is -3.26. The van der Waals surface area contributed by atoms with Gasteiger partial charge in [0, 0.05) is 36.2 Å². The second kappa shape index (κ2) is 7.21. The van der Waals surface area contributed by atoms with Gasteiger partial charge in [0.15, 0.2) is 0 Å². The highest BCUT2D eigenvalue weighted by molar-refractivity contribution is 6.22. The molecule has 3 aromatic rings. The number of rotatable bonds is 4. The Morgan fingerprint density at radius 2 is 1.90 bits per heavy atom. The normalized spacial score (nSPS) is 17.8. The third kappa shape index (κ3) is 3.04. The van der Waals surface area contributed by atoms with Crippen LogP contribution in [0.3, 0.4) is 0 Å². The van der Waals surface area contributed by atoms with E-state index in [-0.39, 0.29) is 28.6 Å². The molecule has 5 rings (SSSR count). The Bertz CT molecular complexity index is 1150. The quantitative estimate of drug-likeness (QED) is 0.648. The number of nitrogens with one attached hydrogen (secondary N) is 1. The SMILES string of the molecule is O=C1c2cccc(O)c2C(=O)N1CCN1CCC(c2[nH]nc3cc(F)ccc23)CC1. The summed E-state index contributed by atoms with van der Waals surface area (Å²) in [5.41, 5.74) is 2.05. The fraction of sp³-hybridized carbons (Fsp3) is 0.318. The number of likely N-dealkylation sites (tertiary alicyclic amines) is 1. The Labute approximate surface area is 172 Å². The largest absolute Gasteiger partial charge is 0.507 e. The number of benzene rings is 2. The summed E-state index contributed by atoms with van der Waals surface area (Å²) >= 11 is 0. The first kappa shape index (κ1) is 18.7. The van der Waals surface area contributed by atoms with Crippen molar-refractivity contribution in [2.75, 3.05) is 26.2 Å². The number of H-pyrrole nitrogens is 1. The molecule has 2 aliphatic heterocycles. The average molecular weight is 408 g/mol. The number of hydrogen-bond acceptors (Lipinski definition) is 5. The Morgan fingerprint density at radius 3 is 2.67 bits per heavy atom. The van der Waals surface area contributed by atoms with Crippen LogP contribution in [0.25, 0.3) is 10.9 Å². The molecule has 0 saturated carbocycles. The molecule has 2 amide bonds. The maximum Gasteiger partial charge on any atom is 0.265 e. The molecule has 30 heavy (non-hydrogen) atoms. The lowest BCUT2D eigenvalue weighted by atomic mass is 9.91. The molecule has 1 aromatic heterocycles. The van der Waals surface area contributed by atoms with E-state index >= 15 is 0 Å². The summed E-state index contributed by atoms with van der Waals surface area (Å²) in [6.45, 7) is 2.55. The summed E-state index contributed by atoms with van der Waals surface area (Å²) < 4.78 is 13.4. The lowest BCUT2D eigenvalue weighted by molar-refractivity contribution is 0.0629. The summed E-state index contributed by atoms with van der Waals surface area (Å²) in [4.78, 5) is 28.5. The number of phenolic OH excluding ortho intramolecular Hbond substituents is 1. The van der Waals surface area contributed by atoms with Gasteiger partial charge in [0.05, 0.1) is 16.6 Å². The molecule has 2 aliphatic rings. The van der Waals surface area contributed by atoms with E-state index in [1.165, 1.54) is 23.1 Å². The molecule has 2 N–H and O–H groups in total. The molecule has 0 bridgehead atoms. The van der Waals surface area contributed by atoms with E-state index in [0.29, 0.717) is 24.5 Å². The number of aromatic amines is 1. The molecule has 154 valence electrons. The zero-order valence-corrected chi connectivity index (χ0v) is 16.3. The second-order valence-electron chi connectivity index (χ2n) is 7.88. The summed E-state index contributed by atoms with van der Waals surface area (Å²) in [6, 6.07) is 9.22. The van der Waals surface area contributed by atoms with Crippen molar-refractivity contribution in [3.05, 3.63) is 59.0 Å². The summed E-state index contributed by atoms with van der Waals surface area (Å²) in [5, 5.41) is 18.2. The Morgan fingerprint density at radius 1 is 1.10 bits per heavy atom. The van der Waals surface area contributed by atoms with Crippen LogP contribution < -0.4 is 0 Å². The van der Waals surface area contributed by atoms with Crippen molar-refractivity contribution in [2.24, 2.45) is 0 Å². The van der Waals surface area contributed by atoms with Gasteiger partial charge >= 0.3 is 0 Å². The smallest absolute Gasteiger partial charge is 0.265 e. The number of aromatic nitrogens is 2.